The number of hydrogen-bond donors (Lipinski definition) is 1. The first-order chi connectivity index (χ1) is 11.1. The largest absolute Gasteiger partial charge is 0.493 e. The number of aryl methyl sites for hydroxylation is 1. The molecule has 0 aliphatic carbocycles. The number of amides is 2. The van der Waals surface area contributed by atoms with Crippen LogP contribution < -0.4 is 10.5 Å². The molecule has 6 nitrogen and oxygen atoms in total. The van der Waals surface area contributed by atoms with E-state index in [-0.39, 0.29) is 11.8 Å². The molecule has 126 valence electrons. The second kappa shape index (κ2) is 8.53. The summed E-state index contributed by atoms with van der Waals surface area (Å²) in [5.41, 5.74) is 6.53. The van der Waals surface area contributed by atoms with Crippen molar-refractivity contribution in [2.75, 3.05) is 39.3 Å². The molecule has 23 heavy (non-hydrogen) atoms. The molecule has 1 fully saturated rings. The third-order valence-corrected chi connectivity index (χ3v) is 3.92. The molecule has 1 aliphatic rings. The van der Waals surface area contributed by atoms with Gasteiger partial charge in [0.05, 0.1) is 13.0 Å². The van der Waals surface area contributed by atoms with Crippen molar-refractivity contribution in [2.45, 2.75) is 19.8 Å². The highest BCUT2D eigenvalue weighted by Crippen LogP contribution is 2.13. The number of hydrogen-bond acceptors (Lipinski definition) is 4. The minimum Gasteiger partial charge on any atom is -0.493 e. The van der Waals surface area contributed by atoms with Gasteiger partial charge in [-0.15, -0.1) is 0 Å². The minimum absolute atomic E-state index is 0.0716. The summed E-state index contributed by atoms with van der Waals surface area (Å²) in [7, 11) is 0. The molecule has 1 saturated heterocycles. The molecular weight excluding hydrogens is 294 g/mol. The van der Waals surface area contributed by atoms with Crippen molar-refractivity contribution >= 4 is 11.8 Å². The molecule has 0 radical (unpaired) electrons. The molecule has 0 unspecified atom stereocenters. The Labute approximate surface area is 137 Å². The van der Waals surface area contributed by atoms with Gasteiger partial charge < -0.3 is 20.3 Å². The molecule has 1 aliphatic heterocycles. The molecule has 0 bridgehead atoms. The zero-order valence-corrected chi connectivity index (χ0v) is 13.7. The number of benzene rings is 1. The zero-order chi connectivity index (χ0) is 16.7. The minimum atomic E-state index is 0.0716. The van der Waals surface area contributed by atoms with Crippen molar-refractivity contribution in [3.63, 3.8) is 0 Å². The first-order valence-electron chi connectivity index (χ1n) is 8.05. The van der Waals surface area contributed by atoms with E-state index in [1.54, 1.807) is 9.80 Å². The van der Waals surface area contributed by atoms with Crippen LogP contribution in [0.1, 0.15) is 18.4 Å². The smallest absolute Gasteiger partial charge is 0.226 e. The van der Waals surface area contributed by atoms with Gasteiger partial charge in [-0.05, 0) is 24.6 Å². The summed E-state index contributed by atoms with van der Waals surface area (Å²) in [6.45, 7) is 5.08. The lowest BCUT2D eigenvalue weighted by Crippen LogP contribution is -2.51. The third-order valence-electron chi connectivity index (χ3n) is 3.92. The van der Waals surface area contributed by atoms with Gasteiger partial charge in [-0.2, -0.15) is 0 Å². The maximum Gasteiger partial charge on any atom is 0.226 e. The van der Waals surface area contributed by atoms with Crippen LogP contribution in [-0.4, -0.2) is 60.9 Å². The van der Waals surface area contributed by atoms with Crippen LogP contribution in [0.15, 0.2) is 24.3 Å². The van der Waals surface area contributed by atoms with E-state index in [2.05, 4.69) is 0 Å². The van der Waals surface area contributed by atoms with E-state index in [1.165, 1.54) is 0 Å². The predicted octanol–water partition coefficient (Wildman–Crippen LogP) is 0.784. The van der Waals surface area contributed by atoms with Gasteiger partial charge in [0.2, 0.25) is 11.8 Å². The Morgan fingerprint density at radius 1 is 1.09 bits per heavy atom. The van der Waals surface area contributed by atoms with E-state index in [0.717, 1.165) is 11.3 Å². The lowest BCUT2D eigenvalue weighted by Gasteiger charge is -2.34. The van der Waals surface area contributed by atoms with Crippen LogP contribution in [0.5, 0.6) is 5.75 Å². The van der Waals surface area contributed by atoms with E-state index < -0.39 is 0 Å². The molecule has 0 spiro atoms. The van der Waals surface area contributed by atoms with Crippen molar-refractivity contribution in [1.82, 2.24) is 9.80 Å². The zero-order valence-electron chi connectivity index (χ0n) is 13.7. The maximum absolute atomic E-state index is 12.2. The molecule has 0 aromatic heterocycles. The van der Waals surface area contributed by atoms with Gasteiger partial charge in [0.25, 0.3) is 0 Å². The van der Waals surface area contributed by atoms with Gasteiger partial charge in [-0.3, -0.25) is 9.59 Å². The average molecular weight is 319 g/mol. The Morgan fingerprint density at radius 2 is 1.70 bits per heavy atom. The topological polar surface area (TPSA) is 75.9 Å². The third kappa shape index (κ3) is 5.25. The van der Waals surface area contributed by atoms with Crippen molar-refractivity contribution in [3.8, 4) is 5.75 Å². The van der Waals surface area contributed by atoms with Crippen LogP contribution in [0, 0.1) is 6.92 Å². The van der Waals surface area contributed by atoms with Gasteiger partial charge in [0, 0.05) is 39.1 Å². The van der Waals surface area contributed by atoms with E-state index in [4.69, 9.17) is 10.5 Å². The summed E-state index contributed by atoms with van der Waals surface area (Å²) in [5.74, 6) is 0.931. The molecule has 1 heterocycles. The highest BCUT2D eigenvalue weighted by molar-refractivity contribution is 5.78. The summed E-state index contributed by atoms with van der Waals surface area (Å²) < 4.78 is 5.61. The molecule has 1 aromatic rings. The van der Waals surface area contributed by atoms with E-state index >= 15 is 0 Å². The van der Waals surface area contributed by atoms with Gasteiger partial charge >= 0.3 is 0 Å². The van der Waals surface area contributed by atoms with Crippen molar-refractivity contribution < 1.29 is 14.3 Å². The monoisotopic (exact) mass is 319 g/mol. The fourth-order valence-electron chi connectivity index (χ4n) is 2.61. The average Bonchev–Trinajstić information content (AvgIpc) is 2.55. The van der Waals surface area contributed by atoms with E-state index in [1.807, 2.05) is 31.2 Å². The molecule has 6 heteroatoms. The Balaban J connectivity index is 1.70. The fourth-order valence-corrected chi connectivity index (χ4v) is 2.61. The molecule has 2 amide bonds. The number of nitrogens with two attached hydrogens (primary N) is 1. The number of nitrogens with zero attached hydrogens (tertiary/aromatic N) is 2. The predicted molar refractivity (Wildman–Crippen MR) is 88.1 cm³/mol. The molecule has 2 N–H and O–H groups in total. The first-order valence-corrected chi connectivity index (χ1v) is 8.05. The van der Waals surface area contributed by atoms with Gasteiger partial charge in [-0.25, -0.2) is 0 Å². The van der Waals surface area contributed by atoms with Crippen LogP contribution in [0.25, 0.3) is 0 Å². The molecule has 0 atom stereocenters. The van der Waals surface area contributed by atoms with E-state index in [9.17, 15) is 9.59 Å². The Morgan fingerprint density at radius 3 is 2.26 bits per heavy atom. The summed E-state index contributed by atoms with van der Waals surface area (Å²) >= 11 is 0. The van der Waals surface area contributed by atoms with Gasteiger partial charge in [0.1, 0.15) is 5.75 Å². The Kier molecular flexibility index (Phi) is 6.40. The second-order valence-electron chi connectivity index (χ2n) is 5.72. The van der Waals surface area contributed by atoms with Crippen molar-refractivity contribution in [2.24, 2.45) is 5.73 Å². The number of carbonyl (C=O) groups excluding carboxylic acids is 2. The van der Waals surface area contributed by atoms with E-state index in [0.29, 0.717) is 52.2 Å². The lowest BCUT2D eigenvalue weighted by molar-refractivity contribution is -0.139. The highest BCUT2D eigenvalue weighted by atomic mass is 16.5. The summed E-state index contributed by atoms with van der Waals surface area (Å²) in [4.78, 5) is 27.5. The quantitative estimate of drug-likeness (QED) is 0.841. The summed E-state index contributed by atoms with van der Waals surface area (Å²) in [6.07, 6.45) is 0.725. The number of piperazine rings is 1. The number of rotatable bonds is 6. The molecule has 0 saturated carbocycles. The highest BCUT2D eigenvalue weighted by Gasteiger charge is 2.23. The second-order valence-corrected chi connectivity index (χ2v) is 5.72. The fraction of sp³-hybridized carbons (Fsp3) is 0.529. The normalized spacial score (nSPS) is 14.7. The van der Waals surface area contributed by atoms with Crippen LogP contribution in [0.3, 0.4) is 0 Å². The lowest BCUT2D eigenvalue weighted by atomic mass is 10.2. The SMILES string of the molecule is Cc1cccc(OCCC(=O)N2CCN(C(=O)CCN)CC2)c1. The number of ether oxygens (including phenoxy) is 1. The molecular formula is C17H25N3O3. The van der Waals surface area contributed by atoms with Crippen LogP contribution in [0.2, 0.25) is 0 Å². The Bertz CT molecular complexity index is 540. The standard InChI is InChI=1S/C17H25N3O3/c1-14-3-2-4-15(13-14)23-12-6-17(22)20-10-8-19(9-11-20)16(21)5-7-18/h2-4,13H,5-12,18H2,1H3. The summed E-state index contributed by atoms with van der Waals surface area (Å²) in [5, 5.41) is 0. The van der Waals surface area contributed by atoms with Crippen LogP contribution in [0.4, 0.5) is 0 Å². The molecule has 1 aromatic carbocycles. The van der Waals surface area contributed by atoms with Crippen LogP contribution >= 0.6 is 0 Å². The first kappa shape index (κ1) is 17.3. The van der Waals surface area contributed by atoms with Crippen molar-refractivity contribution in [3.05, 3.63) is 29.8 Å². The van der Waals surface area contributed by atoms with Crippen molar-refractivity contribution in [1.29, 1.82) is 0 Å². The Hall–Kier alpha value is -2.08. The summed E-state index contributed by atoms with van der Waals surface area (Å²) in [6, 6.07) is 7.78. The van der Waals surface area contributed by atoms with Gasteiger partial charge in [-0.1, -0.05) is 12.1 Å². The van der Waals surface area contributed by atoms with Gasteiger partial charge in [0.15, 0.2) is 0 Å². The van der Waals surface area contributed by atoms with Crippen LogP contribution in [-0.2, 0) is 9.59 Å². The maximum atomic E-state index is 12.2. The number of carbonyl (C=O) groups is 2. The molecule has 2 rings (SSSR count).